The number of benzene rings is 2. The normalized spacial score (nSPS) is 18.7. The Labute approximate surface area is 331 Å². The Balaban J connectivity index is 0.848. The molecule has 0 saturated carbocycles. The van der Waals surface area contributed by atoms with Crippen molar-refractivity contribution in [3.8, 4) is 11.3 Å². The maximum Gasteiger partial charge on any atom is 0.328 e. The number of hydrogen-bond donors (Lipinski definition) is 3. The van der Waals surface area contributed by atoms with Crippen LogP contribution in [0.2, 0.25) is 0 Å². The van der Waals surface area contributed by atoms with Crippen molar-refractivity contribution in [2.45, 2.75) is 38.7 Å². The average Bonchev–Trinajstić information content (AvgIpc) is 3.83. The minimum atomic E-state index is -3.10. The summed E-state index contributed by atoms with van der Waals surface area (Å²) in [7, 11) is 1.78. The molecule has 5 amide bonds. The van der Waals surface area contributed by atoms with Gasteiger partial charge in [0, 0.05) is 87.5 Å². The lowest BCUT2D eigenvalue weighted by molar-refractivity contribution is -0.220. The van der Waals surface area contributed by atoms with Crippen LogP contribution in [0.15, 0.2) is 67.0 Å². The summed E-state index contributed by atoms with van der Waals surface area (Å²) < 4.78 is 33.3. The predicted molar refractivity (Wildman–Crippen MR) is 211 cm³/mol. The van der Waals surface area contributed by atoms with Crippen LogP contribution < -0.4 is 26.2 Å². The molecular formula is C41H41F2N11O4. The molecule has 1 spiro atoms. The van der Waals surface area contributed by atoms with Crippen LogP contribution in [-0.2, 0) is 17.8 Å². The fourth-order valence-electron chi connectivity index (χ4n) is 8.80. The molecule has 5 aromatic rings. The summed E-state index contributed by atoms with van der Waals surface area (Å²) in [5.74, 6) is -3.97. The van der Waals surface area contributed by atoms with Gasteiger partial charge in [0.15, 0.2) is 11.5 Å². The second kappa shape index (κ2) is 13.9. The number of primary amides is 1. The van der Waals surface area contributed by atoms with E-state index in [1.807, 2.05) is 41.3 Å². The van der Waals surface area contributed by atoms with Crippen LogP contribution in [0.25, 0.3) is 16.9 Å². The van der Waals surface area contributed by atoms with E-state index in [2.05, 4.69) is 20.5 Å². The first-order chi connectivity index (χ1) is 27.8. The zero-order valence-corrected chi connectivity index (χ0v) is 32.0. The minimum Gasteiger partial charge on any atom is -0.385 e. The Morgan fingerprint density at radius 3 is 2.47 bits per heavy atom. The van der Waals surface area contributed by atoms with Crippen molar-refractivity contribution in [3.05, 3.63) is 94.9 Å². The van der Waals surface area contributed by atoms with Gasteiger partial charge in [-0.15, -0.1) is 5.10 Å². The first-order valence-corrected chi connectivity index (χ1v) is 19.2. The maximum atomic E-state index is 15.9. The molecule has 58 heavy (non-hydrogen) atoms. The number of nitrogens with one attached hydrogen (secondary N) is 2. The number of carbonyl (C=O) groups excluding carboxylic acids is 4. The number of rotatable bonds is 8. The summed E-state index contributed by atoms with van der Waals surface area (Å²) >= 11 is 0. The lowest BCUT2D eigenvalue weighted by Crippen LogP contribution is -2.70. The highest BCUT2D eigenvalue weighted by Crippen LogP contribution is 2.51. The van der Waals surface area contributed by atoms with E-state index >= 15 is 8.78 Å². The van der Waals surface area contributed by atoms with Gasteiger partial charge >= 0.3 is 6.03 Å². The summed E-state index contributed by atoms with van der Waals surface area (Å²) in [5, 5.41) is 10.1. The number of nitrogens with two attached hydrogens (primary N) is 1. The van der Waals surface area contributed by atoms with Crippen molar-refractivity contribution in [3.63, 3.8) is 0 Å². The van der Waals surface area contributed by atoms with Gasteiger partial charge in [-0.3, -0.25) is 34.5 Å². The van der Waals surface area contributed by atoms with Crippen molar-refractivity contribution >= 4 is 52.3 Å². The van der Waals surface area contributed by atoms with Crippen LogP contribution in [0.3, 0.4) is 0 Å². The number of aryl methyl sites for hydroxylation is 1. The number of urea groups is 1. The highest BCUT2D eigenvalue weighted by atomic mass is 19.3. The molecule has 0 atom stereocenters. The summed E-state index contributed by atoms with van der Waals surface area (Å²) in [5.41, 5.74) is 12.0. The number of alkyl halides is 2. The smallest absolute Gasteiger partial charge is 0.328 e. The van der Waals surface area contributed by atoms with Crippen molar-refractivity contribution < 1.29 is 28.0 Å². The lowest BCUT2D eigenvalue weighted by atomic mass is 9.69. The molecule has 4 aliphatic heterocycles. The van der Waals surface area contributed by atoms with E-state index in [4.69, 9.17) is 15.8 Å². The number of fused-ring (bicyclic) bond motifs is 2. The van der Waals surface area contributed by atoms with Crippen molar-refractivity contribution in [2.24, 2.45) is 11.1 Å². The molecule has 0 aliphatic carbocycles. The van der Waals surface area contributed by atoms with Gasteiger partial charge < -0.3 is 20.9 Å². The molecule has 0 bridgehead atoms. The van der Waals surface area contributed by atoms with Crippen LogP contribution in [0.1, 0.15) is 50.4 Å². The molecule has 17 heteroatoms. The number of carbonyl (C=O) groups is 4. The standard InChI is InChI=1S/C41H41F2N11O4/c1-24-6-8-26(16-32(24)53-14-11-35(55)48-39(53)58)38(57)51-15-12-40(41(42,43)23-51)21-50(22-40)20-25-7-9-29(46-18-25)27-4-3-5-31-28(27)10-13-52(31)34-17-30(45-2)37-47-19-33(36(44)56)54(37)49-34/h3-9,16-19,45H,10-15,20-23H2,1-2H3,(H2,44,56)(H,48,55,58). The van der Waals surface area contributed by atoms with Crippen LogP contribution in [0, 0.1) is 12.3 Å². The molecule has 7 heterocycles. The number of pyridine rings is 1. The zero-order valence-electron chi connectivity index (χ0n) is 32.0. The molecule has 2 aromatic carbocycles. The highest BCUT2D eigenvalue weighted by Gasteiger charge is 2.62. The van der Waals surface area contributed by atoms with E-state index in [9.17, 15) is 19.2 Å². The van der Waals surface area contributed by atoms with E-state index in [1.54, 1.807) is 38.4 Å². The molecule has 0 radical (unpaired) electrons. The number of halogens is 2. The molecule has 0 unspecified atom stereocenters. The Morgan fingerprint density at radius 1 is 0.931 bits per heavy atom. The quantitative estimate of drug-likeness (QED) is 0.205. The van der Waals surface area contributed by atoms with E-state index in [0.29, 0.717) is 35.9 Å². The molecular weight excluding hydrogens is 749 g/mol. The molecule has 298 valence electrons. The van der Waals surface area contributed by atoms with E-state index in [0.717, 1.165) is 40.1 Å². The van der Waals surface area contributed by atoms with Crippen LogP contribution in [0.4, 0.5) is 36.5 Å². The number of piperidine rings is 1. The minimum absolute atomic E-state index is 0.129. The van der Waals surface area contributed by atoms with Crippen LogP contribution >= 0.6 is 0 Å². The van der Waals surface area contributed by atoms with Gasteiger partial charge in [-0.25, -0.2) is 23.1 Å². The number of anilines is 4. The number of aromatic nitrogens is 4. The number of nitrogens with zero attached hydrogens (tertiary/aromatic N) is 8. The van der Waals surface area contributed by atoms with Crippen LogP contribution in [0.5, 0.6) is 0 Å². The van der Waals surface area contributed by atoms with Gasteiger partial charge in [0.1, 0.15) is 5.69 Å². The fraction of sp³-hybridized carbons (Fsp3) is 0.341. The number of amides is 5. The molecule has 9 rings (SSSR count). The summed E-state index contributed by atoms with van der Waals surface area (Å²) in [6.07, 6.45) is 4.25. The molecule has 3 fully saturated rings. The van der Waals surface area contributed by atoms with Gasteiger partial charge in [-0.2, -0.15) is 0 Å². The summed E-state index contributed by atoms with van der Waals surface area (Å²) in [6, 6.07) is 16.1. The second-order valence-corrected chi connectivity index (χ2v) is 15.5. The number of hydrogen-bond acceptors (Lipinski definition) is 10. The predicted octanol–water partition coefficient (Wildman–Crippen LogP) is 4.36. The Bertz CT molecular complexity index is 2520. The monoisotopic (exact) mass is 789 g/mol. The Kier molecular flexibility index (Phi) is 8.87. The SMILES string of the molecule is CNc1cc(N2CCc3c(-c4ccc(CN5CC6(CCN(C(=O)c7ccc(C)c(N8CCC(=O)NC8=O)c7)CC6(F)F)C5)cn4)cccc32)nn2c(C(N)=O)cnc12. The van der Waals surface area contributed by atoms with Crippen molar-refractivity contribution in [1.29, 1.82) is 0 Å². The van der Waals surface area contributed by atoms with Gasteiger partial charge in [0.25, 0.3) is 17.7 Å². The summed E-state index contributed by atoms with van der Waals surface area (Å²) in [4.78, 5) is 65.5. The fourth-order valence-corrected chi connectivity index (χ4v) is 8.80. The third-order valence-corrected chi connectivity index (χ3v) is 12.0. The molecule has 15 nitrogen and oxygen atoms in total. The lowest BCUT2D eigenvalue weighted by Gasteiger charge is -2.57. The summed E-state index contributed by atoms with van der Waals surface area (Å²) in [6.45, 7) is 3.01. The third kappa shape index (κ3) is 6.16. The molecule has 4 N–H and O–H groups in total. The average molecular weight is 790 g/mol. The third-order valence-electron chi connectivity index (χ3n) is 12.0. The van der Waals surface area contributed by atoms with Gasteiger partial charge in [0.05, 0.1) is 29.5 Å². The number of imidazole rings is 1. The van der Waals surface area contributed by atoms with Gasteiger partial charge in [-0.05, 0) is 60.7 Å². The Hall–Kier alpha value is -6.49. The zero-order chi connectivity index (χ0) is 40.5. The molecule has 3 saturated heterocycles. The van der Waals surface area contributed by atoms with E-state index in [1.165, 1.54) is 20.5 Å². The van der Waals surface area contributed by atoms with Crippen LogP contribution in [-0.4, -0.2) is 105 Å². The largest absolute Gasteiger partial charge is 0.385 e. The second-order valence-electron chi connectivity index (χ2n) is 15.5. The van der Waals surface area contributed by atoms with Crippen molar-refractivity contribution in [1.82, 2.24) is 34.7 Å². The van der Waals surface area contributed by atoms with Gasteiger partial charge in [0.2, 0.25) is 5.91 Å². The first kappa shape index (κ1) is 37.1. The number of likely N-dealkylation sites (tertiary alicyclic amines) is 2. The molecule has 3 aromatic heterocycles. The van der Waals surface area contributed by atoms with E-state index < -0.39 is 35.7 Å². The highest BCUT2D eigenvalue weighted by molar-refractivity contribution is 6.06. The first-order valence-electron chi connectivity index (χ1n) is 19.2. The maximum absolute atomic E-state index is 15.9. The van der Waals surface area contributed by atoms with Gasteiger partial charge in [-0.1, -0.05) is 24.3 Å². The Morgan fingerprint density at radius 2 is 1.74 bits per heavy atom. The van der Waals surface area contributed by atoms with E-state index in [-0.39, 0.29) is 56.2 Å². The topological polar surface area (TPSA) is 174 Å². The van der Waals surface area contributed by atoms with Crippen molar-refractivity contribution in [2.75, 3.05) is 61.4 Å². The number of imide groups is 1. The molecule has 4 aliphatic rings.